The fourth-order valence-corrected chi connectivity index (χ4v) is 2.50. The quantitative estimate of drug-likeness (QED) is 0.385. The number of unbranched alkanes of at least 4 members (excludes halogenated alkanes) is 8. The van der Waals surface area contributed by atoms with Crippen molar-refractivity contribution in [2.24, 2.45) is 0 Å². The minimum Gasteiger partial charge on any atom is -0.391 e. The molecule has 1 N–H and O–H groups in total. The van der Waals surface area contributed by atoms with Crippen molar-refractivity contribution in [1.82, 2.24) is 5.32 Å². The SMILES string of the molecule is CCCCCCCCCCCC(=O)OSCC(=O)NCC. The van der Waals surface area contributed by atoms with Gasteiger partial charge < -0.3 is 9.50 Å². The molecule has 1 amide bonds. The van der Waals surface area contributed by atoms with E-state index < -0.39 is 0 Å². The summed E-state index contributed by atoms with van der Waals surface area (Å²) in [6.45, 7) is 4.69. The van der Waals surface area contributed by atoms with Crippen LogP contribution in [-0.4, -0.2) is 24.2 Å². The Balaban J connectivity index is 3.24. The number of nitrogens with one attached hydrogen (secondary N) is 1. The van der Waals surface area contributed by atoms with E-state index in [2.05, 4.69) is 12.2 Å². The number of rotatable bonds is 14. The molecule has 0 aliphatic heterocycles. The van der Waals surface area contributed by atoms with Crippen molar-refractivity contribution in [1.29, 1.82) is 0 Å². The van der Waals surface area contributed by atoms with E-state index in [-0.39, 0.29) is 17.6 Å². The van der Waals surface area contributed by atoms with Gasteiger partial charge in [0.15, 0.2) is 0 Å². The van der Waals surface area contributed by atoms with E-state index in [0.717, 1.165) is 24.9 Å². The summed E-state index contributed by atoms with van der Waals surface area (Å²) in [5.41, 5.74) is 0. The van der Waals surface area contributed by atoms with Crippen molar-refractivity contribution < 1.29 is 13.8 Å². The Morgan fingerprint density at radius 1 is 0.905 bits per heavy atom. The van der Waals surface area contributed by atoms with Gasteiger partial charge in [-0.05, 0) is 13.3 Å². The zero-order valence-electron chi connectivity index (χ0n) is 13.6. The molecule has 0 heterocycles. The normalized spacial score (nSPS) is 10.4. The molecule has 0 spiro atoms. The number of carbonyl (C=O) groups is 2. The molecule has 0 aliphatic rings. The van der Waals surface area contributed by atoms with Crippen LogP contribution in [0.5, 0.6) is 0 Å². The van der Waals surface area contributed by atoms with E-state index in [9.17, 15) is 9.59 Å². The molecule has 0 aromatic heterocycles. The first-order chi connectivity index (χ1) is 10.2. The fraction of sp³-hybridized carbons (Fsp3) is 0.875. The Labute approximate surface area is 134 Å². The minimum atomic E-state index is -0.216. The molecule has 4 nitrogen and oxygen atoms in total. The van der Waals surface area contributed by atoms with Gasteiger partial charge in [-0.3, -0.25) is 9.59 Å². The van der Waals surface area contributed by atoms with Crippen LogP contribution in [0.1, 0.15) is 78.1 Å². The van der Waals surface area contributed by atoms with Crippen LogP contribution in [0.4, 0.5) is 0 Å². The maximum atomic E-state index is 11.4. The molecule has 124 valence electrons. The summed E-state index contributed by atoms with van der Waals surface area (Å²) in [7, 11) is 0. The van der Waals surface area contributed by atoms with E-state index >= 15 is 0 Å². The summed E-state index contributed by atoms with van der Waals surface area (Å²) in [5.74, 6) is -0.136. The van der Waals surface area contributed by atoms with E-state index in [0.29, 0.717) is 13.0 Å². The average Bonchev–Trinajstić information content (AvgIpc) is 2.46. The van der Waals surface area contributed by atoms with E-state index in [1.165, 1.54) is 44.9 Å². The number of hydrogen-bond donors (Lipinski definition) is 1. The van der Waals surface area contributed by atoms with Crippen molar-refractivity contribution in [2.45, 2.75) is 78.1 Å². The average molecular weight is 317 g/mol. The summed E-state index contributed by atoms with van der Waals surface area (Å²) < 4.78 is 4.95. The highest BCUT2D eigenvalue weighted by atomic mass is 32.2. The highest BCUT2D eigenvalue weighted by Gasteiger charge is 2.06. The van der Waals surface area contributed by atoms with Crippen molar-refractivity contribution in [3.63, 3.8) is 0 Å². The Morgan fingerprint density at radius 3 is 2.05 bits per heavy atom. The molecule has 5 heteroatoms. The van der Waals surface area contributed by atoms with Crippen molar-refractivity contribution >= 4 is 23.9 Å². The van der Waals surface area contributed by atoms with Gasteiger partial charge >= 0.3 is 5.97 Å². The van der Waals surface area contributed by atoms with Crippen molar-refractivity contribution in [2.75, 3.05) is 12.3 Å². The maximum absolute atomic E-state index is 11.4. The smallest absolute Gasteiger partial charge is 0.317 e. The second-order valence-corrected chi connectivity index (χ2v) is 5.94. The van der Waals surface area contributed by atoms with Crippen LogP contribution < -0.4 is 5.32 Å². The van der Waals surface area contributed by atoms with E-state index in [1.807, 2.05) is 6.92 Å². The van der Waals surface area contributed by atoms with Gasteiger partial charge in [0, 0.05) is 13.0 Å². The monoisotopic (exact) mass is 317 g/mol. The Hall–Kier alpha value is -0.710. The maximum Gasteiger partial charge on any atom is 0.317 e. The van der Waals surface area contributed by atoms with Gasteiger partial charge in [-0.25, -0.2) is 0 Å². The van der Waals surface area contributed by atoms with Crippen LogP contribution in [0.25, 0.3) is 0 Å². The van der Waals surface area contributed by atoms with E-state index in [4.69, 9.17) is 4.18 Å². The summed E-state index contributed by atoms with van der Waals surface area (Å²) in [5, 5.41) is 2.65. The molecule has 0 radical (unpaired) electrons. The molecule has 0 atom stereocenters. The van der Waals surface area contributed by atoms with Gasteiger partial charge in [-0.2, -0.15) is 0 Å². The van der Waals surface area contributed by atoms with Crippen LogP contribution in [-0.2, 0) is 13.8 Å². The minimum absolute atomic E-state index is 0.0987. The molecule has 0 saturated heterocycles. The molecule has 0 unspecified atom stereocenters. The van der Waals surface area contributed by atoms with Crippen molar-refractivity contribution in [3.8, 4) is 0 Å². The Morgan fingerprint density at radius 2 is 1.48 bits per heavy atom. The first-order valence-electron chi connectivity index (χ1n) is 8.29. The van der Waals surface area contributed by atoms with Gasteiger partial charge in [0.05, 0.1) is 12.0 Å². The third-order valence-electron chi connectivity index (χ3n) is 3.20. The lowest BCUT2D eigenvalue weighted by atomic mass is 10.1. The first kappa shape index (κ1) is 20.3. The van der Waals surface area contributed by atoms with Crippen LogP contribution in [0, 0.1) is 0 Å². The van der Waals surface area contributed by atoms with E-state index in [1.54, 1.807) is 0 Å². The summed E-state index contributed by atoms with van der Waals surface area (Å²) >= 11 is 0.927. The standard InChI is InChI=1S/C16H31NO3S/c1-3-5-6-7-8-9-10-11-12-13-16(19)20-21-14-15(18)17-4-2/h3-14H2,1-2H3,(H,17,18). The van der Waals surface area contributed by atoms with Gasteiger partial charge in [0.1, 0.15) is 5.75 Å². The highest BCUT2D eigenvalue weighted by molar-refractivity contribution is 7.95. The second-order valence-electron chi connectivity index (χ2n) is 5.25. The number of amides is 1. The highest BCUT2D eigenvalue weighted by Crippen LogP contribution is 2.12. The number of hydrogen-bond acceptors (Lipinski definition) is 4. The number of carbonyl (C=O) groups excluding carboxylic acids is 2. The molecule has 0 aliphatic carbocycles. The van der Waals surface area contributed by atoms with Crippen LogP contribution in [0.15, 0.2) is 0 Å². The summed E-state index contributed by atoms with van der Waals surface area (Å²) in [6.07, 6.45) is 11.5. The molecule has 0 aromatic rings. The third-order valence-corrected chi connectivity index (χ3v) is 3.88. The zero-order chi connectivity index (χ0) is 15.8. The van der Waals surface area contributed by atoms with Gasteiger partial charge in [-0.1, -0.05) is 58.3 Å². The molecule has 21 heavy (non-hydrogen) atoms. The fourth-order valence-electron chi connectivity index (χ4n) is 2.02. The Bertz CT molecular complexity index is 272. The zero-order valence-corrected chi connectivity index (χ0v) is 14.4. The van der Waals surface area contributed by atoms with Crippen LogP contribution in [0.2, 0.25) is 0 Å². The van der Waals surface area contributed by atoms with Gasteiger partial charge in [0.2, 0.25) is 5.91 Å². The lowest BCUT2D eigenvalue weighted by Gasteiger charge is -2.04. The molecule has 0 aromatic carbocycles. The largest absolute Gasteiger partial charge is 0.391 e. The molecule has 0 rings (SSSR count). The Kier molecular flexibility index (Phi) is 15.1. The predicted octanol–water partition coefficient (Wildman–Crippen LogP) is 4.23. The van der Waals surface area contributed by atoms with Gasteiger partial charge in [0.25, 0.3) is 0 Å². The second kappa shape index (κ2) is 15.7. The lowest BCUT2D eigenvalue weighted by molar-refractivity contribution is -0.133. The molecule has 0 bridgehead atoms. The lowest BCUT2D eigenvalue weighted by Crippen LogP contribution is -2.24. The molecule has 0 saturated carbocycles. The third kappa shape index (κ3) is 15.5. The van der Waals surface area contributed by atoms with Crippen molar-refractivity contribution in [3.05, 3.63) is 0 Å². The molecular weight excluding hydrogens is 286 g/mol. The van der Waals surface area contributed by atoms with Gasteiger partial charge in [-0.15, -0.1) is 0 Å². The molecular formula is C16H31NO3S. The molecule has 0 fully saturated rings. The topological polar surface area (TPSA) is 55.4 Å². The summed E-state index contributed by atoms with van der Waals surface area (Å²) in [4.78, 5) is 22.5. The first-order valence-corrected chi connectivity index (χ1v) is 9.20. The summed E-state index contributed by atoms with van der Waals surface area (Å²) in [6, 6.07) is 0. The predicted molar refractivity (Wildman–Crippen MR) is 89.1 cm³/mol. The van der Waals surface area contributed by atoms with Crippen LogP contribution in [0.3, 0.4) is 0 Å². The van der Waals surface area contributed by atoms with Crippen LogP contribution >= 0.6 is 12.0 Å².